The van der Waals surface area contributed by atoms with E-state index in [1.165, 1.54) is 12.3 Å². The summed E-state index contributed by atoms with van der Waals surface area (Å²) in [5.41, 5.74) is -0.730. The van der Waals surface area contributed by atoms with E-state index in [2.05, 4.69) is 10.3 Å². The summed E-state index contributed by atoms with van der Waals surface area (Å²) in [5.74, 6) is -0.342. The van der Waals surface area contributed by atoms with Crippen molar-refractivity contribution < 1.29 is 9.50 Å². The number of anilines is 1. The van der Waals surface area contributed by atoms with E-state index in [0.29, 0.717) is 6.54 Å². The second-order valence-electron chi connectivity index (χ2n) is 4.62. The lowest BCUT2D eigenvalue weighted by Crippen LogP contribution is -2.39. The zero-order valence-electron chi connectivity index (χ0n) is 9.55. The van der Waals surface area contributed by atoms with Gasteiger partial charge in [0.25, 0.3) is 0 Å². The Labute approximate surface area is 105 Å². The minimum Gasteiger partial charge on any atom is -0.388 e. The van der Waals surface area contributed by atoms with Gasteiger partial charge in [-0.1, -0.05) is 30.9 Å². The van der Waals surface area contributed by atoms with Crippen LogP contribution in [0.25, 0.3) is 0 Å². The molecule has 1 fully saturated rings. The van der Waals surface area contributed by atoms with Crippen molar-refractivity contribution in [3.63, 3.8) is 0 Å². The number of rotatable bonds is 3. The highest BCUT2D eigenvalue weighted by Crippen LogP contribution is 2.28. The second-order valence-corrected chi connectivity index (χ2v) is 5.06. The van der Waals surface area contributed by atoms with Crippen LogP contribution in [0.15, 0.2) is 12.3 Å². The lowest BCUT2D eigenvalue weighted by atomic mass is 9.85. The fourth-order valence-electron chi connectivity index (χ4n) is 2.18. The zero-order valence-corrected chi connectivity index (χ0v) is 10.3. The summed E-state index contributed by atoms with van der Waals surface area (Å²) in [6.45, 7) is 0.332. The highest BCUT2D eigenvalue weighted by molar-refractivity contribution is 6.30. The average molecular weight is 259 g/mol. The molecule has 1 aromatic rings. The van der Waals surface area contributed by atoms with Gasteiger partial charge in [-0.3, -0.25) is 0 Å². The Kier molecular flexibility index (Phi) is 3.84. The Morgan fingerprint density at radius 1 is 1.41 bits per heavy atom. The van der Waals surface area contributed by atoms with Gasteiger partial charge >= 0.3 is 0 Å². The maximum atomic E-state index is 13.4. The number of nitrogens with zero attached hydrogens (tertiary/aromatic N) is 1. The molecule has 0 unspecified atom stereocenters. The van der Waals surface area contributed by atoms with E-state index >= 15 is 0 Å². The first kappa shape index (κ1) is 12.6. The number of aliphatic hydroxyl groups is 1. The summed E-state index contributed by atoms with van der Waals surface area (Å²) in [7, 11) is 0. The van der Waals surface area contributed by atoms with E-state index in [4.69, 9.17) is 11.6 Å². The molecule has 1 aliphatic carbocycles. The standard InChI is InChI=1S/C12H16ClFN2O/c13-9-6-10(14)11(15-7-9)16-8-12(17)4-2-1-3-5-12/h6-7,17H,1-5,8H2,(H,15,16). The molecule has 2 rings (SSSR count). The van der Waals surface area contributed by atoms with E-state index in [1.807, 2.05) is 0 Å². The molecule has 3 nitrogen and oxygen atoms in total. The third-order valence-corrected chi connectivity index (χ3v) is 3.38. The van der Waals surface area contributed by atoms with Gasteiger partial charge in [-0.05, 0) is 18.9 Å². The molecule has 1 saturated carbocycles. The van der Waals surface area contributed by atoms with E-state index in [1.54, 1.807) is 0 Å². The first-order valence-corrected chi connectivity index (χ1v) is 6.24. The van der Waals surface area contributed by atoms with Gasteiger partial charge in [0.2, 0.25) is 0 Å². The molecule has 0 amide bonds. The molecular formula is C12H16ClFN2O. The van der Waals surface area contributed by atoms with Crippen LogP contribution in [-0.4, -0.2) is 22.2 Å². The molecule has 0 atom stereocenters. The van der Waals surface area contributed by atoms with Crippen molar-refractivity contribution in [2.24, 2.45) is 0 Å². The number of pyridine rings is 1. The van der Waals surface area contributed by atoms with Crippen LogP contribution in [0.5, 0.6) is 0 Å². The van der Waals surface area contributed by atoms with E-state index in [9.17, 15) is 9.50 Å². The molecule has 5 heteroatoms. The zero-order chi connectivity index (χ0) is 12.3. The highest BCUT2D eigenvalue weighted by atomic mass is 35.5. The summed E-state index contributed by atoms with van der Waals surface area (Å²) in [6, 6.07) is 1.21. The Bertz CT molecular complexity index is 394. The summed E-state index contributed by atoms with van der Waals surface area (Å²) in [6.07, 6.45) is 6.11. The summed E-state index contributed by atoms with van der Waals surface area (Å²) in [5, 5.41) is 13.4. The maximum Gasteiger partial charge on any atom is 0.166 e. The van der Waals surface area contributed by atoms with Crippen LogP contribution in [0.2, 0.25) is 5.02 Å². The quantitative estimate of drug-likeness (QED) is 0.876. The van der Waals surface area contributed by atoms with Crippen LogP contribution in [0.3, 0.4) is 0 Å². The van der Waals surface area contributed by atoms with E-state index in [0.717, 1.165) is 32.1 Å². The molecule has 1 aliphatic rings. The number of aromatic nitrogens is 1. The third-order valence-electron chi connectivity index (χ3n) is 3.18. The number of hydrogen-bond acceptors (Lipinski definition) is 3. The molecule has 94 valence electrons. The van der Waals surface area contributed by atoms with Gasteiger partial charge in [0.1, 0.15) is 0 Å². The molecule has 0 aromatic carbocycles. The maximum absolute atomic E-state index is 13.4. The predicted octanol–water partition coefficient (Wildman–Crippen LogP) is 2.98. The fraction of sp³-hybridized carbons (Fsp3) is 0.583. The van der Waals surface area contributed by atoms with Crippen LogP contribution in [0.1, 0.15) is 32.1 Å². The van der Waals surface area contributed by atoms with E-state index < -0.39 is 11.4 Å². The minimum atomic E-state index is -0.730. The van der Waals surface area contributed by atoms with Crippen molar-refractivity contribution in [2.75, 3.05) is 11.9 Å². The highest BCUT2D eigenvalue weighted by Gasteiger charge is 2.29. The lowest BCUT2D eigenvalue weighted by molar-refractivity contribution is 0.0166. The third kappa shape index (κ3) is 3.30. The molecule has 0 aliphatic heterocycles. The SMILES string of the molecule is OC1(CNc2ncc(Cl)cc2F)CCCCC1. The van der Waals surface area contributed by atoms with Gasteiger partial charge in [0.05, 0.1) is 10.6 Å². The molecule has 1 heterocycles. The van der Waals surface area contributed by atoms with Crippen molar-refractivity contribution in [1.29, 1.82) is 0 Å². The Morgan fingerprint density at radius 2 is 2.12 bits per heavy atom. The summed E-state index contributed by atoms with van der Waals surface area (Å²) < 4.78 is 13.4. The molecule has 17 heavy (non-hydrogen) atoms. The van der Waals surface area contributed by atoms with Crippen molar-refractivity contribution in [2.45, 2.75) is 37.7 Å². The molecule has 0 saturated heterocycles. The normalized spacial score (nSPS) is 19.0. The molecule has 0 bridgehead atoms. The molecule has 0 spiro atoms. The van der Waals surface area contributed by atoms with Crippen molar-refractivity contribution in [1.82, 2.24) is 4.98 Å². The Hall–Kier alpha value is -0.870. The van der Waals surface area contributed by atoms with Crippen LogP contribution >= 0.6 is 11.6 Å². The molecular weight excluding hydrogens is 243 g/mol. The van der Waals surface area contributed by atoms with Gasteiger partial charge in [-0.25, -0.2) is 9.37 Å². The average Bonchev–Trinajstić information content (AvgIpc) is 2.29. The monoisotopic (exact) mass is 258 g/mol. The first-order chi connectivity index (χ1) is 8.09. The van der Waals surface area contributed by atoms with Crippen molar-refractivity contribution in [3.05, 3.63) is 23.1 Å². The number of nitrogens with one attached hydrogen (secondary N) is 1. The van der Waals surface area contributed by atoms with Crippen molar-refractivity contribution >= 4 is 17.4 Å². The van der Waals surface area contributed by atoms with Gasteiger partial charge in [0, 0.05) is 12.7 Å². The van der Waals surface area contributed by atoms with Crippen molar-refractivity contribution in [3.8, 4) is 0 Å². The Morgan fingerprint density at radius 3 is 2.76 bits per heavy atom. The second kappa shape index (κ2) is 5.19. The largest absolute Gasteiger partial charge is 0.388 e. The van der Waals surface area contributed by atoms with Crippen LogP contribution in [-0.2, 0) is 0 Å². The van der Waals surface area contributed by atoms with Gasteiger partial charge in [0.15, 0.2) is 11.6 Å². The van der Waals surface area contributed by atoms with Crippen LogP contribution < -0.4 is 5.32 Å². The number of hydrogen-bond donors (Lipinski definition) is 2. The van der Waals surface area contributed by atoms with Gasteiger partial charge in [-0.15, -0.1) is 0 Å². The topological polar surface area (TPSA) is 45.1 Å². The first-order valence-electron chi connectivity index (χ1n) is 5.86. The summed E-state index contributed by atoms with van der Waals surface area (Å²) >= 11 is 5.61. The number of halogens is 2. The van der Waals surface area contributed by atoms with Crippen LogP contribution in [0, 0.1) is 5.82 Å². The summed E-state index contributed by atoms with van der Waals surface area (Å²) in [4.78, 5) is 3.86. The van der Waals surface area contributed by atoms with Gasteiger partial charge in [-0.2, -0.15) is 0 Å². The predicted molar refractivity (Wildman–Crippen MR) is 65.7 cm³/mol. The van der Waals surface area contributed by atoms with Gasteiger partial charge < -0.3 is 10.4 Å². The lowest BCUT2D eigenvalue weighted by Gasteiger charge is -2.32. The Balaban J connectivity index is 1.97. The molecule has 0 radical (unpaired) electrons. The minimum absolute atomic E-state index is 0.147. The van der Waals surface area contributed by atoms with E-state index in [-0.39, 0.29) is 10.8 Å². The van der Waals surface area contributed by atoms with Crippen LogP contribution in [0.4, 0.5) is 10.2 Å². The molecule has 2 N–H and O–H groups in total. The fourth-order valence-corrected chi connectivity index (χ4v) is 2.32. The smallest absolute Gasteiger partial charge is 0.166 e. The molecule has 1 aromatic heterocycles.